The van der Waals surface area contributed by atoms with Gasteiger partial charge in [-0.1, -0.05) is 30.2 Å². The summed E-state index contributed by atoms with van der Waals surface area (Å²) in [6.45, 7) is 4.18. The van der Waals surface area contributed by atoms with Gasteiger partial charge in [-0.3, -0.25) is 0 Å². The van der Waals surface area contributed by atoms with Crippen molar-refractivity contribution in [3.8, 4) is 0 Å². The molecule has 0 spiro atoms. The van der Waals surface area contributed by atoms with Crippen molar-refractivity contribution in [1.82, 2.24) is 5.32 Å². The molecule has 0 unspecified atom stereocenters. The first kappa shape index (κ1) is 12.2. The standard InChI is InChI=1S/C16H23NO/c1-10-6-7-11(2)13(8-10)16(18)15-9-12-4-3-5-14(12)17-15/h6-8,12,14-18H,3-5,9H2,1-2H3/t12-,14-,15+,16-/m1/s1. The fourth-order valence-electron chi connectivity index (χ4n) is 3.72. The third-order valence-electron chi connectivity index (χ3n) is 4.78. The number of aliphatic hydroxyl groups excluding tert-OH is 1. The summed E-state index contributed by atoms with van der Waals surface area (Å²) in [5, 5.41) is 14.3. The summed E-state index contributed by atoms with van der Waals surface area (Å²) in [7, 11) is 0. The molecule has 2 aliphatic rings. The number of nitrogens with one attached hydrogen (secondary N) is 1. The van der Waals surface area contributed by atoms with E-state index in [-0.39, 0.29) is 12.1 Å². The smallest absolute Gasteiger partial charge is 0.0945 e. The van der Waals surface area contributed by atoms with E-state index < -0.39 is 0 Å². The van der Waals surface area contributed by atoms with E-state index in [2.05, 4.69) is 37.4 Å². The minimum atomic E-state index is -0.351. The molecule has 1 saturated carbocycles. The molecule has 1 aliphatic carbocycles. The normalized spacial score (nSPS) is 32.5. The highest BCUT2D eigenvalue weighted by molar-refractivity contribution is 5.33. The summed E-state index contributed by atoms with van der Waals surface area (Å²) in [4.78, 5) is 0. The van der Waals surface area contributed by atoms with Crippen molar-refractivity contribution in [3.05, 3.63) is 34.9 Å². The lowest BCUT2D eigenvalue weighted by Crippen LogP contribution is -2.34. The van der Waals surface area contributed by atoms with Crippen LogP contribution in [0.25, 0.3) is 0 Å². The van der Waals surface area contributed by atoms with Crippen LogP contribution in [0.3, 0.4) is 0 Å². The highest BCUT2D eigenvalue weighted by Gasteiger charge is 2.39. The molecule has 1 saturated heterocycles. The average molecular weight is 245 g/mol. The first-order chi connectivity index (χ1) is 8.65. The lowest BCUT2D eigenvalue weighted by Gasteiger charge is -2.22. The average Bonchev–Trinajstić information content (AvgIpc) is 2.91. The van der Waals surface area contributed by atoms with E-state index in [4.69, 9.17) is 0 Å². The Morgan fingerprint density at radius 3 is 2.89 bits per heavy atom. The van der Waals surface area contributed by atoms with Crippen LogP contribution < -0.4 is 5.32 Å². The maximum atomic E-state index is 10.6. The summed E-state index contributed by atoms with van der Waals surface area (Å²) in [6.07, 6.45) is 4.78. The topological polar surface area (TPSA) is 32.3 Å². The highest BCUT2D eigenvalue weighted by Crippen LogP contribution is 2.38. The van der Waals surface area contributed by atoms with Gasteiger partial charge in [0.25, 0.3) is 0 Å². The molecule has 4 atom stereocenters. The van der Waals surface area contributed by atoms with Gasteiger partial charge in [0.15, 0.2) is 0 Å². The zero-order valence-corrected chi connectivity index (χ0v) is 11.3. The molecule has 1 aliphatic heterocycles. The van der Waals surface area contributed by atoms with Crippen LogP contribution in [0.2, 0.25) is 0 Å². The molecule has 1 heterocycles. The van der Waals surface area contributed by atoms with Crippen molar-refractivity contribution in [1.29, 1.82) is 0 Å². The molecular formula is C16H23NO. The van der Waals surface area contributed by atoms with E-state index in [1.54, 1.807) is 0 Å². The minimum absolute atomic E-state index is 0.251. The number of benzene rings is 1. The van der Waals surface area contributed by atoms with Gasteiger partial charge in [0.1, 0.15) is 0 Å². The molecule has 1 aromatic carbocycles. The summed E-state index contributed by atoms with van der Waals surface area (Å²) in [6, 6.07) is 7.28. The van der Waals surface area contributed by atoms with Crippen molar-refractivity contribution in [3.63, 3.8) is 0 Å². The second-order valence-electron chi connectivity index (χ2n) is 6.11. The molecule has 0 aromatic heterocycles. The molecule has 98 valence electrons. The molecular weight excluding hydrogens is 222 g/mol. The molecule has 1 aromatic rings. The van der Waals surface area contributed by atoms with Gasteiger partial charge in [0, 0.05) is 12.1 Å². The quantitative estimate of drug-likeness (QED) is 0.839. The lowest BCUT2D eigenvalue weighted by atomic mass is 9.93. The predicted molar refractivity (Wildman–Crippen MR) is 73.5 cm³/mol. The molecule has 0 bridgehead atoms. The first-order valence-electron chi connectivity index (χ1n) is 7.16. The third kappa shape index (κ3) is 2.08. The van der Waals surface area contributed by atoms with Crippen LogP contribution >= 0.6 is 0 Å². The molecule has 0 radical (unpaired) electrons. The van der Waals surface area contributed by atoms with Crippen molar-refractivity contribution in [2.45, 2.75) is 57.7 Å². The predicted octanol–water partition coefficient (Wildman–Crippen LogP) is 2.87. The van der Waals surface area contributed by atoms with Gasteiger partial charge >= 0.3 is 0 Å². The van der Waals surface area contributed by atoms with Crippen LogP contribution in [0.1, 0.15) is 48.5 Å². The SMILES string of the molecule is Cc1ccc(C)c([C@@H](O)[C@@H]2C[C@H]3CCC[C@H]3N2)c1. The van der Waals surface area contributed by atoms with Crippen LogP contribution in [0.4, 0.5) is 0 Å². The summed E-state index contributed by atoms with van der Waals surface area (Å²) < 4.78 is 0. The molecule has 2 heteroatoms. The molecule has 18 heavy (non-hydrogen) atoms. The first-order valence-corrected chi connectivity index (χ1v) is 7.16. The van der Waals surface area contributed by atoms with E-state index in [0.717, 1.165) is 17.9 Å². The molecule has 3 rings (SSSR count). The number of rotatable bonds is 2. The Morgan fingerprint density at radius 1 is 1.28 bits per heavy atom. The van der Waals surface area contributed by atoms with Crippen LogP contribution in [-0.2, 0) is 0 Å². The Kier molecular flexibility index (Phi) is 3.16. The summed E-state index contributed by atoms with van der Waals surface area (Å²) in [5.41, 5.74) is 3.53. The lowest BCUT2D eigenvalue weighted by molar-refractivity contribution is 0.132. The molecule has 2 nitrogen and oxygen atoms in total. The van der Waals surface area contributed by atoms with E-state index in [0.29, 0.717) is 6.04 Å². The molecule has 2 fully saturated rings. The van der Waals surface area contributed by atoms with Crippen molar-refractivity contribution >= 4 is 0 Å². The number of hydrogen-bond donors (Lipinski definition) is 2. The Labute approximate surface area is 109 Å². The van der Waals surface area contributed by atoms with E-state index >= 15 is 0 Å². The second-order valence-corrected chi connectivity index (χ2v) is 6.11. The van der Waals surface area contributed by atoms with Crippen molar-refractivity contribution in [2.75, 3.05) is 0 Å². The largest absolute Gasteiger partial charge is 0.387 e. The van der Waals surface area contributed by atoms with Crippen LogP contribution in [0.15, 0.2) is 18.2 Å². The van der Waals surface area contributed by atoms with E-state index in [9.17, 15) is 5.11 Å². The van der Waals surface area contributed by atoms with Gasteiger partial charge in [0.2, 0.25) is 0 Å². The van der Waals surface area contributed by atoms with Crippen LogP contribution in [0.5, 0.6) is 0 Å². The maximum absolute atomic E-state index is 10.6. The number of aryl methyl sites for hydroxylation is 2. The van der Waals surface area contributed by atoms with Gasteiger partial charge in [-0.2, -0.15) is 0 Å². The Morgan fingerprint density at radius 2 is 2.11 bits per heavy atom. The maximum Gasteiger partial charge on any atom is 0.0945 e. The third-order valence-corrected chi connectivity index (χ3v) is 4.78. The van der Waals surface area contributed by atoms with Crippen LogP contribution in [-0.4, -0.2) is 17.2 Å². The van der Waals surface area contributed by atoms with E-state index in [1.165, 1.54) is 30.4 Å². The number of hydrogen-bond acceptors (Lipinski definition) is 2. The highest BCUT2D eigenvalue weighted by atomic mass is 16.3. The Balaban J connectivity index is 1.78. The molecule has 2 N–H and O–H groups in total. The fraction of sp³-hybridized carbons (Fsp3) is 0.625. The van der Waals surface area contributed by atoms with Gasteiger partial charge in [0.05, 0.1) is 6.10 Å². The van der Waals surface area contributed by atoms with E-state index in [1.807, 2.05) is 0 Å². The summed E-state index contributed by atoms with van der Waals surface area (Å²) in [5.74, 6) is 0.801. The Hall–Kier alpha value is -0.860. The van der Waals surface area contributed by atoms with Gasteiger partial charge in [-0.15, -0.1) is 0 Å². The zero-order chi connectivity index (χ0) is 12.7. The van der Waals surface area contributed by atoms with Crippen molar-refractivity contribution in [2.24, 2.45) is 5.92 Å². The second kappa shape index (κ2) is 4.67. The number of fused-ring (bicyclic) bond motifs is 1. The van der Waals surface area contributed by atoms with Crippen LogP contribution in [0, 0.1) is 19.8 Å². The van der Waals surface area contributed by atoms with Gasteiger partial charge in [-0.25, -0.2) is 0 Å². The zero-order valence-electron chi connectivity index (χ0n) is 11.3. The Bertz CT molecular complexity index is 431. The van der Waals surface area contributed by atoms with Gasteiger partial charge in [-0.05, 0) is 50.2 Å². The fourth-order valence-corrected chi connectivity index (χ4v) is 3.72. The number of aliphatic hydroxyl groups is 1. The van der Waals surface area contributed by atoms with Crippen molar-refractivity contribution < 1.29 is 5.11 Å². The minimum Gasteiger partial charge on any atom is -0.387 e. The van der Waals surface area contributed by atoms with Gasteiger partial charge < -0.3 is 10.4 Å². The molecule has 0 amide bonds. The monoisotopic (exact) mass is 245 g/mol. The summed E-state index contributed by atoms with van der Waals surface area (Å²) >= 11 is 0.